The molecule has 5 heteroatoms. The molecule has 0 heterocycles. The highest BCUT2D eigenvalue weighted by Crippen LogP contribution is 2.26. The molecule has 0 amide bonds. The number of hydrazine groups is 1. The lowest BCUT2D eigenvalue weighted by molar-refractivity contribution is 0.583. The van der Waals surface area contributed by atoms with Crippen LogP contribution in [0.15, 0.2) is 23.2 Å². The Morgan fingerprint density at radius 3 is 2.21 bits per heavy atom. The van der Waals surface area contributed by atoms with Gasteiger partial charge in [0, 0.05) is 0 Å². The lowest BCUT2D eigenvalue weighted by Gasteiger charge is -2.14. The van der Waals surface area contributed by atoms with Crippen LogP contribution in [0.1, 0.15) is 44.1 Å². The number of nitrogens with one attached hydrogen (secondary N) is 1. The van der Waals surface area contributed by atoms with Crippen LogP contribution in [-0.2, 0) is 0 Å². The zero-order valence-electron chi connectivity index (χ0n) is 10.8. The molecule has 0 spiro atoms. The smallest absolute Gasteiger partial charge is 0.145 e. The van der Waals surface area contributed by atoms with Crippen molar-refractivity contribution in [1.82, 2.24) is 5.43 Å². The van der Waals surface area contributed by atoms with E-state index >= 15 is 0 Å². The van der Waals surface area contributed by atoms with Gasteiger partial charge in [-0.2, -0.15) is 0 Å². The molecule has 0 bridgehead atoms. The number of halogens is 2. The number of nitrogens with two attached hydrogens (primary N) is 1. The van der Waals surface area contributed by atoms with Crippen molar-refractivity contribution >= 4 is 29.0 Å². The summed E-state index contributed by atoms with van der Waals surface area (Å²) in [6.07, 6.45) is 7.25. The predicted molar refractivity (Wildman–Crippen MR) is 81.8 cm³/mol. The van der Waals surface area contributed by atoms with Crippen LogP contribution in [0, 0.1) is 0 Å². The van der Waals surface area contributed by atoms with Crippen LogP contribution >= 0.6 is 23.2 Å². The molecule has 2 rings (SSSR count). The fourth-order valence-electron chi connectivity index (χ4n) is 2.47. The van der Waals surface area contributed by atoms with Crippen LogP contribution in [0.3, 0.4) is 0 Å². The Morgan fingerprint density at radius 2 is 1.68 bits per heavy atom. The van der Waals surface area contributed by atoms with E-state index in [1.54, 1.807) is 12.1 Å². The molecular formula is C14H19Cl2N3. The minimum Gasteiger partial charge on any atom is -0.308 e. The van der Waals surface area contributed by atoms with Crippen LogP contribution in [0.4, 0.5) is 0 Å². The fourth-order valence-corrected chi connectivity index (χ4v) is 3.04. The molecule has 19 heavy (non-hydrogen) atoms. The molecule has 1 aromatic carbocycles. The van der Waals surface area contributed by atoms with Crippen molar-refractivity contribution in [3.63, 3.8) is 0 Å². The second-order valence-corrected chi connectivity index (χ2v) is 5.68. The van der Waals surface area contributed by atoms with Gasteiger partial charge in [0.15, 0.2) is 0 Å². The average molecular weight is 300 g/mol. The largest absolute Gasteiger partial charge is 0.308 e. The molecular weight excluding hydrogens is 281 g/mol. The van der Waals surface area contributed by atoms with Crippen LogP contribution in [0.25, 0.3) is 0 Å². The Kier molecular flexibility index (Phi) is 5.49. The Balaban J connectivity index is 2.27. The quantitative estimate of drug-likeness (QED) is 0.286. The number of benzene rings is 1. The molecule has 1 aliphatic carbocycles. The molecule has 1 fully saturated rings. The van der Waals surface area contributed by atoms with Gasteiger partial charge in [0.1, 0.15) is 5.84 Å². The van der Waals surface area contributed by atoms with Crippen molar-refractivity contribution in [1.29, 1.82) is 0 Å². The molecule has 0 unspecified atom stereocenters. The molecule has 0 aromatic heterocycles. The predicted octanol–water partition coefficient (Wildman–Crippen LogP) is 3.93. The van der Waals surface area contributed by atoms with Gasteiger partial charge in [-0.1, -0.05) is 55.0 Å². The maximum Gasteiger partial charge on any atom is 0.145 e. The first-order valence-corrected chi connectivity index (χ1v) is 7.46. The highest BCUT2D eigenvalue weighted by Gasteiger charge is 2.16. The van der Waals surface area contributed by atoms with E-state index in [4.69, 9.17) is 34.0 Å². The summed E-state index contributed by atoms with van der Waals surface area (Å²) in [6.45, 7) is 0. The van der Waals surface area contributed by atoms with Crippen molar-refractivity contribution in [2.75, 3.05) is 0 Å². The Labute approximate surface area is 124 Å². The van der Waals surface area contributed by atoms with E-state index in [0.717, 1.165) is 12.8 Å². The topological polar surface area (TPSA) is 50.4 Å². The summed E-state index contributed by atoms with van der Waals surface area (Å²) in [4.78, 5) is 4.72. The molecule has 0 atom stereocenters. The van der Waals surface area contributed by atoms with Gasteiger partial charge in [0.05, 0.1) is 21.7 Å². The van der Waals surface area contributed by atoms with Gasteiger partial charge in [-0.3, -0.25) is 4.99 Å². The molecule has 1 aliphatic rings. The van der Waals surface area contributed by atoms with Crippen molar-refractivity contribution in [2.45, 2.75) is 44.6 Å². The van der Waals surface area contributed by atoms with Crippen LogP contribution < -0.4 is 11.3 Å². The van der Waals surface area contributed by atoms with Crippen molar-refractivity contribution in [3.05, 3.63) is 33.8 Å². The lowest BCUT2D eigenvalue weighted by Crippen LogP contribution is -2.33. The highest BCUT2D eigenvalue weighted by atomic mass is 35.5. The molecule has 104 valence electrons. The minimum absolute atomic E-state index is 0.306. The third kappa shape index (κ3) is 3.85. The van der Waals surface area contributed by atoms with Gasteiger partial charge < -0.3 is 5.43 Å². The summed E-state index contributed by atoms with van der Waals surface area (Å²) in [5.41, 5.74) is 3.34. The van der Waals surface area contributed by atoms with E-state index in [9.17, 15) is 0 Å². The van der Waals surface area contributed by atoms with Gasteiger partial charge >= 0.3 is 0 Å². The third-order valence-corrected chi connectivity index (χ3v) is 4.10. The third-order valence-electron chi connectivity index (χ3n) is 3.47. The number of rotatable bonds is 2. The summed E-state index contributed by atoms with van der Waals surface area (Å²) < 4.78 is 0. The first kappa shape index (κ1) is 14.6. The summed E-state index contributed by atoms with van der Waals surface area (Å²) >= 11 is 12.4. The number of hydrogen-bond acceptors (Lipinski definition) is 2. The Morgan fingerprint density at radius 1 is 1.11 bits per heavy atom. The van der Waals surface area contributed by atoms with E-state index in [2.05, 4.69) is 5.43 Å². The van der Waals surface area contributed by atoms with Crippen molar-refractivity contribution < 1.29 is 0 Å². The number of hydrogen-bond donors (Lipinski definition) is 2. The Hall–Kier alpha value is -0.770. The summed E-state index contributed by atoms with van der Waals surface area (Å²) in [5, 5.41) is 1.13. The number of nitrogens with zero attached hydrogens (tertiary/aromatic N) is 1. The van der Waals surface area contributed by atoms with Crippen LogP contribution in [0.5, 0.6) is 0 Å². The molecule has 0 saturated heterocycles. The SMILES string of the molecule is NNC(=NC1CCCCCC1)c1c(Cl)cccc1Cl. The van der Waals surface area contributed by atoms with E-state index in [-0.39, 0.29) is 0 Å². The number of aliphatic imine (C=N–C) groups is 1. The molecule has 1 aromatic rings. The highest BCUT2D eigenvalue weighted by molar-refractivity contribution is 6.40. The van der Waals surface area contributed by atoms with Crippen molar-refractivity contribution in [2.24, 2.45) is 10.8 Å². The molecule has 3 N–H and O–H groups in total. The van der Waals surface area contributed by atoms with Crippen molar-refractivity contribution in [3.8, 4) is 0 Å². The van der Waals surface area contributed by atoms with Gasteiger partial charge in [-0.15, -0.1) is 0 Å². The maximum atomic E-state index is 6.19. The van der Waals surface area contributed by atoms with Gasteiger partial charge in [0.2, 0.25) is 0 Å². The molecule has 3 nitrogen and oxygen atoms in total. The van der Waals surface area contributed by atoms with E-state index in [1.165, 1.54) is 25.7 Å². The van der Waals surface area contributed by atoms with E-state index in [0.29, 0.717) is 27.5 Å². The molecule has 0 aliphatic heterocycles. The minimum atomic E-state index is 0.306. The second kappa shape index (κ2) is 7.13. The standard InChI is InChI=1S/C14H19Cl2N3/c15-11-8-5-9-12(16)13(11)14(19-17)18-10-6-3-1-2-4-7-10/h5,8-10H,1-4,6-7,17H2,(H,18,19). The Bertz CT molecular complexity index is 432. The monoisotopic (exact) mass is 299 g/mol. The zero-order valence-corrected chi connectivity index (χ0v) is 12.3. The van der Waals surface area contributed by atoms with E-state index < -0.39 is 0 Å². The first-order valence-electron chi connectivity index (χ1n) is 6.71. The summed E-state index contributed by atoms with van der Waals surface area (Å²) in [5.74, 6) is 6.19. The normalized spacial score (nSPS) is 18.2. The first-order chi connectivity index (χ1) is 9.22. The summed E-state index contributed by atoms with van der Waals surface area (Å²) in [6, 6.07) is 5.71. The van der Waals surface area contributed by atoms with Crippen LogP contribution in [0.2, 0.25) is 10.0 Å². The summed E-state index contributed by atoms with van der Waals surface area (Å²) in [7, 11) is 0. The average Bonchev–Trinajstić information content (AvgIpc) is 2.65. The van der Waals surface area contributed by atoms with E-state index in [1.807, 2.05) is 6.07 Å². The molecule has 1 saturated carbocycles. The van der Waals surface area contributed by atoms with Crippen LogP contribution in [-0.4, -0.2) is 11.9 Å². The second-order valence-electron chi connectivity index (χ2n) is 4.86. The zero-order chi connectivity index (χ0) is 13.7. The maximum absolute atomic E-state index is 6.19. The lowest BCUT2D eigenvalue weighted by atomic mass is 10.1. The number of amidine groups is 1. The van der Waals surface area contributed by atoms with Gasteiger partial charge in [0.25, 0.3) is 0 Å². The van der Waals surface area contributed by atoms with Gasteiger partial charge in [-0.05, 0) is 25.0 Å². The molecule has 0 radical (unpaired) electrons. The van der Waals surface area contributed by atoms with Gasteiger partial charge in [-0.25, -0.2) is 5.84 Å². The fraction of sp³-hybridized carbons (Fsp3) is 0.500.